The smallest absolute Gasteiger partial charge is 0.337 e. The number of ether oxygens (including phenoxy) is 1. The first-order valence-corrected chi connectivity index (χ1v) is 3.89. The molecule has 1 rings (SSSR count). The molecular formula is C8H14O3. The van der Waals surface area contributed by atoms with E-state index in [-0.39, 0.29) is 0 Å². The van der Waals surface area contributed by atoms with E-state index in [2.05, 4.69) is 4.74 Å². The molecule has 0 aromatic heterocycles. The highest BCUT2D eigenvalue weighted by molar-refractivity contribution is 5.79. The Balaban J connectivity index is 2.61. The molecule has 2 unspecified atom stereocenters. The Bertz CT molecular complexity index is 167. The number of aliphatic hydroxyl groups is 1. The minimum atomic E-state index is -1.19. The molecule has 1 aliphatic carbocycles. The third-order valence-electron chi connectivity index (χ3n) is 2.30. The second-order valence-electron chi connectivity index (χ2n) is 3.37. The van der Waals surface area contributed by atoms with Crippen LogP contribution in [-0.4, -0.2) is 23.8 Å². The van der Waals surface area contributed by atoms with Crippen LogP contribution in [0.2, 0.25) is 0 Å². The van der Waals surface area contributed by atoms with Crippen molar-refractivity contribution in [2.24, 2.45) is 5.92 Å². The van der Waals surface area contributed by atoms with Crippen LogP contribution in [0.1, 0.15) is 26.2 Å². The van der Waals surface area contributed by atoms with Crippen molar-refractivity contribution in [3.8, 4) is 0 Å². The zero-order valence-corrected chi connectivity index (χ0v) is 6.96. The third-order valence-corrected chi connectivity index (χ3v) is 2.30. The standard InChI is InChI=1S/C8H14O3/c1-6-3-4-8(10,5-6)7(9)11-2/h6,10H,3-5H2,1-2H3. The van der Waals surface area contributed by atoms with Gasteiger partial charge in [-0.05, 0) is 25.2 Å². The van der Waals surface area contributed by atoms with Crippen molar-refractivity contribution in [1.82, 2.24) is 0 Å². The van der Waals surface area contributed by atoms with Gasteiger partial charge in [0, 0.05) is 0 Å². The quantitative estimate of drug-likeness (QED) is 0.572. The van der Waals surface area contributed by atoms with Crippen LogP contribution < -0.4 is 0 Å². The van der Waals surface area contributed by atoms with E-state index in [1.54, 1.807) is 0 Å². The second-order valence-corrected chi connectivity index (χ2v) is 3.37. The van der Waals surface area contributed by atoms with Crippen LogP contribution in [0.25, 0.3) is 0 Å². The van der Waals surface area contributed by atoms with Gasteiger partial charge >= 0.3 is 5.97 Å². The van der Waals surface area contributed by atoms with Crippen LogP contribution in [0, 0.1) is 5.92 Å². The van der Waals surface area contributed by atoms with Gasteiger partial charge in [0.05, 0.1) is 7.11 Å². The Morgan fingerprint density at radius 3 is 2.73 bits per heavy atom. The molecule has 0 aromatic carbocycles. The van der Waals surface area contributed by atoms with E-state index in [1.165, 1.54) is 7.11 Å². The molecular weight excluding hydrogens is 144 g/mol. The number of hydrogen-bond donors (Lipinski definition) is 1. The maximum Gasteiger partial charge on any atom is 0.337 e. The average molecular weight is 158 g/mol. The number of hydrogen-bond acceptors (Lipinski definition) is 3. The fourth-order valence-corrected chi connectivity index (χ4v) is 1.64. The molecule has 3 nitrogen and oxygen atoms in total. The number of carbonyl (C=O) groups is 1. The second kappa shape index (κ2) is 2.81. The lowest BCUT2D eigenvalue weighted by molar-refractivity contribution is -0.161. The predicted molar refractivity (Wildman–Crippen MR) is 40.0 cm³/mol. The molecule has 11 heavy (non-hydrogen) atoms. The zero-order chi connectivity index (χ0) is 8.48. The number of rotatable bonds is 1. The summed E-state index contributed by atoms with van der Waals surface area (Å²) >= 11 is 0. The van der Waals surface area contributed by atoms with Crippen molar-refractivity contribution in [1.29, 1.82) is 0 Å². The molecule has 0 saturated heterocycles. The van der Waals surface area contributed by atoms with E-state index in [0.29, 0.717) is 18.8 Å². The molecule has 64 valence electrons. The van der Waals surface area contributed by atoms with Gasteiger partial charge in [0.25, 0.3) is 0 Å². The van der Waals surface area contributed by atoms with E-state index in [4.69, 9.17) is 0 Å². The number of methoxy groups -OCH3 is 1. The van der Waals surface area contributed by atoms with Crippen LogP contribution in [0.4, 0.5) is 0 Å². The van der Waals surface area contributed by atoms with Gasteiger partial charge in [0.2, 0.25) is 0 Å². The summed E-state index contributed by atoms with van der Waals surface area (Å²) < 4.78 is 4.50. The molecule has 1 fully saturated rings. The Morgan fingerprint density at radius 2 is 2.36 bits per heavy atom. The highest BCUT2D eigenvalue weighted by atomic mass is 16.5. The van der Waals surface area contributed by atoms with E-state index in [1.807, 2.05) is 6.92 Å². The Labute approximate surface area is 66.4 Å². The SMILES string of the molecule is COC(=O)C1(O)CCC(C)C1. The van der Waals surface area contributed by atoms with Gasteiger partial charge in [-0.15, -0.1) is 0 Å². The van der Waals surface area contributed by atoms with Crippen molar-refractivity contribution >= 4 is 5.97 Å². The molecule has 2 atom stereocenters. The van der Waals surface area contributed by atoms with E-state index < -0.39 is 11.6 Å². The molecule has 3 heteroatoms. The first kappa shape index (κ1) is 8.53. The van der Waals surface area contributed by atoms with Crippen LogP contribution in [-0.2, 0) is 9.53 Å². The maximum absolute atomic E-state index is 11.0. The summed E-state index contributed by atoms with van der Waals surface area (Å²) in [5.41, 5.74) is -1.19. The topological polar surface area (TPSA) is 46.5 Å². The first-order valence-electron chi connectivity index (χ1n) is 3.89. The molecule has 0 aromatic rings. The minimum Gasteiger partial charge on any atom is -0.467 e. The third kappa shape index (κ3) is 1.53. The number of esters is 1. The molecule has 0 heterocycles. The lowest BCUT2D eigenvalue weighted by atomic mass is 10.0. The zero-order valence-electron chi connectivity index (χ0n) is 6.96. The van der Waals surface area contributed by atoms with Gasteiger partial charge in [-0.1, -0.05) is 6.92 Å². The highest BCUT2D eigenvalue weighted by Crippen LogP contribution is 2.34. The molecule has 0 aliphatic heterocycles. The molecule has 1 N–H and O–H groups in total. The van der Waals surface area contributed by atoms with Crippen LogP contribution in [0.3, 0.4) is 0 Å². The Hall–Kier alpha value is -0.570. The Kier molecular flexibility index (Phi) is 2.18. The average Bonchev–Trinajstić information content (AvgIpc) is 2.31. The highest BCUT2D eigenvalue weighted by Gasteiger charge is 2.42. The van der Waals surface area contributed by atoms with E-state index in [9.17, 15) is 9.90 Å². The monoisotopic (exact) mass is 158 g/mol. The lowest BCUT2D eigenvalue weighted by Crippen LogP contribution is -2.36. The van der Waals surface area contributed by atoms with Gasteiger partial charge in [0.1, 0.15) is 0 Å². The van der Waals surface area contributed by atoms with Crippen molar-refractivity contribution < 1.29 is 14.6 Å². The maximum atomic E-state index is 11.0. The van der Waals surface area contributed by atoms with Crippen molar-refractivity contribution in [2.75, 3.05) is 7.11 Å². The van der Waals surface area contributed by atoms with Crippen molar-refractivity contribution in [3.05, 3.63) is 0 Å². The number of carbonyl (C=O) groups excluding carboxylic acids is 1. The fraction of sp³-hybridized carbons (Fsp3) is 0.875. The molecule has 0 amide bonds. The molecule has 0 spiro atoms. The van der Waals surface area contributed by atoms with Gasteiger partial charge < -0.3 is 9.84 Å². The van der Waals surface area contributed by atoms with Crippen LogP contribution >= 0.6 is 0 Å². The summed E-state index contributed by atoms with van der Waals surface area (Å²) in [5, 5.41) is 9.66. The van der Waals surface area contributed by atoms with Crippen molar-refractivity contribution in [3.63, 3.8) is 0 Å². The summed E-state index contributed by atoms with van der Waals surface area (Å²) in [6, 6.07) is 0. The van der Waals surface area contributed by atoms with Gasteiger partial charge in [-0.25, -0.2) is 4.79 Å². The van der Waals surface area contributed by atoms with Gasteiger partial charge in [0.15, 0.2) is 5.60 Å². The summed E-state index contributed by atoms with van der Waals surface area (Å²) in [6.07, 6.45) is 1.99. The van der Waals surface area contributed by atoms with E-state index in [0.717, 1.165) is 6.42 Å². The summed E-state index contributed by atoms with van der Waals surface area (Å²) in [6.45, 7) is 2.03. The van der Waals surface area contributed by atoms with Crippen LogP contribution in [0.15, 0.2) is 0 Å². The molecule has 0 radical (unpaired) electrons. The molecule has 1 aliphatic rings. The predicted octanol–water partition coefficient (Wildman–Crippen LogP) is 0.710. The molecule has 0 bridgehead atoms. The lowest BCUT2D eigenvalue weighted by Gasteiger charge is -2.18. The van der Waals surface area contributed by atoms with Gasteiger partial charge in [-0.2, -0.15) is 0 Å². The van der Waals surface area contributed by atoms with E-state index >= 15 is 0 Å². The first-order chi connectivity index (χ1) is 5.08. The largest absolute Gasteiger partial charge is 0.467 e. The fourth-order valence-electron chi connectivity index (χ4n) is 1.64. The summed E-state index contributed by atoms with van der Waals surface area (Å²) in [5.74, 6) is -0.0547. The van der Waals surface area contributed by atoms with Gasteiger partial charge in [-0.3, -0.25) is 0 Å². The normalized spacial score (nSPS) is 37.2. The Morgan fingerprint density at radius 1 is 1.73 bits per heavy atom. The molecule has 1 saturated carbocycles. The van der Waals surface area contributed by atoms with Crippen molar-refractivity contribution in [2.45, 2.75) is 31.8 Å². The van der Waals surface area contributed by atoms with Crippen LogP contribution in [0.5, 0.6) is 0 Å². The summed E-state index contributed by atoms with van der Waals surface area (Å²) in [7, 11) is 1.31. The summed E-state index contributed by atoms with van der Waals surface area (Å²) in [4.78, 5) is 11.0. The minimum absolute atomic E-state index is 0.430.